The molecule has 2 aromatic rings. The Hall–Kier alpha value is -2.38. The molecular weight excluding hydrogens is 304 g/mol. The van der Waals surface area contributed by atoms with Gasteiger partial charge in [0.1, 0.15) is 5.69 Å². The van der Waals surface area contributed by atoms with Crippen molar-refractivity contribution >= 4 is 35.3 Å². The van der Waals surface area contributed by atoms with Gasteiger partial charge in [0.05, 0.1) is 5.69 Å². The van der Waals surface area contributed by atoms with Crippen LogP contribution in [-0.2, 0) is 17.9 Å². The van der Waals surface area contributed by atoms with Crippen LogP contribution in [0.2, 0.25) is 5.15 Å². The average molecular weight is 321 g/mol. The first-order valence-corrected chi connectivity index (χ1v) is 6.97. The molecule has 0 aliphatic rings. The molecule has 6 N–H and O–H groups in total. The summed E-state index contributed by atoms with van der Waals surface area (Å²) in [6.45, 7) is 2.95. The molecule has 1 amide bonds. The normalized spacial score (nSPS) is 10.5. The molecule has 1 aromatic heterocycles. The second kappa shape index (κ2) is 7.06. The fourth-order valence-corrected chi connectivity index (χ4v) is 2.25. The maximum Gasteiger partial charge on any atom is 0.221 e. The van der Waals surface area contributed by atoms with E-state index in [1.54, 1.807) is 0 Å². The minimum absolute atomic E-state index is 0.0570. The molecule has 0 unspecified atom stereocenters. The highest BCUT2D eigenvalue weighted by Crippen LogP contribution is 2.23. The summed E-state index contributed by atoms with van der Waals surface area (Å²) in [5, 5.41) is 5.81. The van der Waals surface area contributed by atoms with Gasteiger partial charge in [-0.3, -0.25) is 4.79 Å². The third-order valence-electron chi connectivity index (χ3n) is 3.12. The first-order valence-electron chi connectivity index (χ1n) is 6.59. The minimum Gasteiger partial charge on any atom is -0.399 e. The standard InChI is InChI=1S/C14H17ClN6O/c1-8-4-9(2-3-10(8)16)5-18-6-11-12(19-7-22)13(15)21-14(17)20-11/h2-4,7,18H,5-6,16H2,1H3,(H,19,22)(H2,17,20,21). The number of nitrogens with two attached hydrogens (primary N) is 2. The Morgan fingerprint density at radius 1 is 1.27 bits per heavy atom. The molecule has 1 aromatic carbocycles. The highest BCUT2D eigenvalue weighted by molar-refractivity contribution is 6.32. The lowest BCUT2D eigenvalue weighted by Gasteiger charge is -2.11. The second-order valence-electron chi connectivity index (χ2n) is 4.75. The number of carbonyl (C=O) groups is 1. The van der Waals surface area contributed by atoms with Crippen molar-refractivity contribution in [1.82, 2.24) is 15.3 Å². The maximum atomic E-state index is 10.6. The van der Waals surface area contributed by atoms with E-state index in [4.69, 9.17) is 23.1 Å². The SMILES string of the molecule is Cc1cc(CNCc2nc(N)nc(Cl)c2NC=O)ccc1N. The van der Waals surface area contributed by atoms with E-state index in [1.807, 2.05) is 25.1 Å². The van der Waals surface area contributed by atoms with Crippen molar-refractivity contribution in [2.45, 2.75) is 20.0 Å². The molecule has 2 rings (SSSR count). The number of aryl methyl sites for hydroxylation is 1. The summed E-state index contributed by atoms with van der Waals surface area (Å²) in [4.78, 5) is 18.5. The van der Waals surface area contributed by atoms with Gasteiger partial charge in [-0.2, -0.15) is 4.98 Å². The van der Waals surface area contributed by atoms with Crippen molar-refractivity contribution in [2.24, 2.45) is 0 Å². The second-order valence-corrected chi connectivity index (χ2v) is 5.11. The quantitative estimate of drug-likeness (QED) is 0.363. The molecule has 0 spiro atoms. The predicted molar refractivity (Wildman–Crippen MR) is 87.3 cm³/mol. The number of halogens is 1. The molecule has 0 aliphatic carbocycles. The molecule has 0 bridgehead atoms. The Bertz CT molecular complexity index is 691. The van der Waals surface area contributed by atoms with Gasteiger partial charge in [-0.25, -0.2) is 4.98 Å². The van der Waals surface area contributed by atoms with Gasteiger partial charge < -0.3 is 22.1 Å². The van der Waals surface area contributed by atoms with Crippen LogP contribution in [0.25, 0.3) is 0 Å². The third kappa shape index (κ3) is 3.84. The number of aromatic nitrogens is 2. The lowest BCUT2D eigenvalue weighted by atomic mass is 10.1. The number of nitrogen functional groups attached to an aromatic ring is 2. The van der Waals surface area contributed by atoms with Crippen molar-refractivity contribution < 1.29 is 4.79 Å². The Kier molecular flexibility index (Phi) is 5.13. The molecule has 0 atom stereocenters. The molecule has 22 heavy (non-hydrogen) atoms. The number of anilines is 3. The van der Waals surface area contributed by atoms with Gasteiger partial charge in [0.25, 0.3) is 0 Å². The Morgan fingerprint density at radius 2 is 2.05 bits per heavy atom. The van der Waals surface area contributed by atoms with E-state index in [0.29, 0.717) is 30.9 Å². The largest absolute Gasteiger partial charge is 0.399 e. The Labute approximate surface area is 133 Å². The minimum atomic E-state index is 0.0570. The van der Waals surface area contributed by atoms with Gasteiger partial charge in [-0.15, -0.1) is 0 Å². The number of rotatable bonds is 6. The van der Waals surface area contributed by atoms with Gasteiger partial charge in [0, 0.05) is 18.8 Å². The van der Waals surface area contributed by atoms with E-state index in [1.165, 1.54) is 0 Å². The predicted octanol–water partition coefficient (Wildman–Crippen LogP) is 1.46. The summed E-state index contributed by atoms with van der Waals surface area (Å²) in [7, 11) is 0. The number of benzene rings is 1. The fraction of sp³-hybridized carbons (Fsp3) is 0.214. The summed E-state index contributed by atoms with van der Waals surface area (Å²) in [6.07, 6.45) is 0.521. The first kappa shape index (κ1) is 16.0. The van der Waals surface area contributed by atoms with Crippen molar-refractivity contribution in [1.29, 1.82) is 0 Å². The molecule has 7 nitrogen and oxygen atoms in total. The monoisotopic (exact) mass is 320 g/mol. The van der Waals surface area contributed by atoms with E-state index in [2.05, 4.69) is 20.6 Å². The fourth-order valence-electron chi connectivity index (χ4n) is 2.00. The van der Waals surface area contributed by atoms with Crippen LogP contribution in [-0.4, -0.2) is 16.4 Å². The molecule has 0 aliphatic heterocycles. The first-order chi connectivity index (χ1) is 10.5. The van der Waals surface area contributed by atoms with Crippen molar-refractivity contribution in [3.05, 3.63) is 40.2 Å². The highest BCUT2D eigenvalue weighted by Gasteiger charge is 2.11. The van der Waals surface area contributed by atoms with Gasteiger partial charge in [0.2, 0.25) is 12.4 Å². The van der Waals surface area contributed by atoms with E-state index >= 15 is 0 Å². The van der Waals surface area contributed by atoms with Gasteiger partial charge in [0.15, 0.2) is 5.15 Å². The van der Waals surface area contributed by atoms with Crippen LogP contribution >= 0.6 is 11.6 Å². The summed E-state index contributed by atoms with van der Waals surface area (Å²) < 4.78 is 0. The Morgan fingerprint density at radius 3 is 2.73 bits per heavy atom. The van der Waals surface area contributed by atoms with E-state index < -0.39 is 0 Å². The third-order valence-corrected chi connectivity index (χ3v) is 3.39. The lowest BCUT2D eigenvalue weighted by molar-refractivity contribution is -0.105. The summed E-state index contributed by atoms with van der Waals surface area (Å²) >= 11 is 5.95. The molecule has 0 fully saturated rings. The van der Waals surface area contributed by atoms with Crippen LogP contribution in [0.5, 0.6) is 0 Å². The van der Waals surface area contributed by atoms with Gasteiger partial charge >= 0.3 is 0 Å². The van der Waals surface area contributed by atoms with Crippen LogP contribution in [0.15, 0.2) is 18.2 Å². The van der Waals surface area contributed by atoms with Crippen LogP contribution in [0.3, 0.4) is 0 Å². The van der Waals surface area contributed by atoms with Crippen molar-refractivity contribution in [3.8, 4) is 0 Å². The average Bonchev–Trinajstić information content (AvgIpc) is 2.46. The van der Waals surface area contributed by atoms with E-state index in [0.717, 1.165) is 16.8 Å². The number of nitrogens with zero attached hydrogens (tertiary/aromatic N) is 2. The number of nitrogens with one attached hydrogen (secondary N) is 2. The highest BCUT2D eigenvalue weighted by atomic mass is 35.5. The van der Waals surface area contributed by atoms with E-state index in [-0.39, 0.29) is 11.1 Å². The molecule has 116 valence electrons. The summed E-state index contributed by atoms with van der Waals surface area (Å²) in [6, 6.07) is 5.82. The number of amides is 1. The number of hydrogen-bond acceptors (Lipinski definition) is 6. The molecule has 1 heterocycles. The Balaban J connectivity index is 2.07. The van der Waals surface area contributed by atoms with Crippen molar-refractivity contribution in [3.63, 3.8) is 0 Å². The van der Waals surface area contributed by atoms with E-state index in [9.17, 15) is 4.79 Å². The number of carbonyl (C=O) groups excluding carboxylic acids is 1. The summed E-state index contributed by atoms with van der Waals surface area (Å²) in [5.74, 6) is 0.0570. The van der Waals surface area contributed by atoms with Crippen LogP contribution in [0.4, 0.5) is 17.3 Å². The lowest BCUT2D eigenvalue weighted by Crippen LogP contribution is -2.17. The van der Waals surface area contributed by atoms with Gasteiger partial charge in [-0.1, -0.05) is 23.7 Å². The smallest absolute Gasteiger partial charge is 0.221 e. The zero-order chi connectivity index (χ0) is 16.1. The molecule has 0 saturated carbocycles. The number of hydrogen-bond donors (Lipinski definition) is 4. The van der Waals surface area contributed by atoms with Crippen LogP contribution in [0.1, 0.15) is 16.8 Å². The van der Waals surface area contributed by atoms with Crippen molar-refractivity contribution in [2.75, 3.05) is 16.8 Å². The topological polar surface area (TPSA) is 119 Å². The van der Waals surface area contributed by atoms with Gasteiger partial charge in [-0.05, 0) is 24.1 Å². The molecule has 8 heteroatoms. The van der Waals surface area contributed by atoms with Crippen LogP contribution in [0, 0.1) is 6.92 Å². The molecule has 0 radical (unpaired) electrons. The zero-order valence-corrected chi connectivity index (χ0v) is 12.8. The maximum absolute atomic E-state index is 10.6. The summed E-state index contributed by atoms with van der Waals surface area (Å²) in [5.41, 5.74) is 15.1. The zero-order valence-electron chi connectivity index (χ0n) is 12.1. The van der Waals surface area contributed by atoms with Crippen LogP contribution < -0.4 is 22.1 Å². The molecule has 0 saturated heterocycles. The molecular formula is C14H17ClN6O.